The largest absolute Gasteiger partial charge is 0.423 e. The molecule has 2 atom stereocenters. The summed E-state index contributed by atoms with van der Waals surface area (Å²) in [6, 6.07) is 6.37. The molecule has 0 aliphatic rings. The molecule has 7 heteroatoms. The minimum absolute atomic E-state index is 0.111. The van der Waals surface area contributed by atoms with Gasteiger partial charge in [-0.2, -0.15) is 5.26 Å². The van der Waals surface area contributed by atoms with E-state index in [9.17, 15) is 5.11 Å². The van der Waals surface area contributed by atoms with Gasteiger partial charge in [0.05, 0.1) is 16.7 Å². The van der Waals surface area contributed by atoms with E-state index in [0.29, 0.717) is 28.1 Å². The van der Waals surface area contributed by atoms with Gasteiger partial charge >= 0.3 is 0 Å². The van der Waals surface area contributed by atoms with Gasteiger partial charge in [0.25, 0.3) is 0 Å². The molecule has 0 saturated carbocycles. The number of halogens is 1. The summed E-state index contributed by atoms with van der Waals surface area (Å²) in [4.78, 5) is 0. The molecule has 2 N–H and O–H groups in total. The summed E-state index contributed by atoms with van der Waals surface area (Å²) in [5.74, 6) is 0.930. The highest BCUT2D eigenvalue weighted by Gasteiger charge is 2.24. The van der Waals surface area contributed by atoms with E-state index < -0.39 is 12.1 Å². The van der Waals surface area contributed by atoms with Crippen molar-refractivity contribution in [2.75, 3.05) is 5.32 Å². The Labute approximate surface area is 133 Å². The number of benzene rings is 1. The molecule has 0 radical (unpaired) electrons. The Morgan fingerprint density at radius 1 is 1.27 bits per heavy atom. The molecule has 1 heterocycles. The third-order valence-electron chi connectivity index (χ3n) is 3.11. The lowest BCUT2D eigenvalue weighted by Gasteiger charge is -2.19. The highest BCUT2D eigenvalue weighted by Crippen LogP contribution is 2.26. The quantitative estimate of drug-likeness (QED) is 0.878. The lowest BCUT2D eigenvalue weighted by atomic mass is 10.1. The lowest BCUT2D eigenvalue weighted by Crippen LogP contribution is -2.23. The van der Waals surface area contributed by atoms with Crippen LogP contribution in [0.4, 0.5) is 5.69 Å². The molecule has 116 valence electrons. The summed E-state index contributed by atoms with van der Waals surface area (Å²) < 4.78 is 5.59. The Hall–Kier alpha value is -2.10. The van der Waals surface area contributed by atoms with Crippen LogP contribution in [0.5, 0.6) is 0 Å². The van der Waals surface area contributed by atoms with Crippen molar-refractivity contribution < 1.29 is 9.52 Å². The molecule has 1 aromatic heterocycles. The van der Waals surface area contributed by atoms with Gasteiger partial charge in [-0.3, -0.25) is 0 Å². The van der Waals surface area contributed by atoms with Crippen molar-refractivity contribution in [2.45, 2.75) is 38.8 Å². The fraction of sp³-hybridized carbons (Fsp3) is 0.400. The van der Waals surface area contributed by atoms with Gasteiger partial charge in [0.15, 0.2) is 0 Å². The summed E-state index contributed by atoms with van der Waals surface area (Å²) in [7, 11) is 0. The number of nitrogens with one attached hydrogen (secondary N) is 1. The number of nitrogens with zero attached hydrogens (tertiary/aromatic N) is 3. The van der Waals surface area contributed by atoms with E-state index >= 15 is 0 Å². The first-order valence-electron chi connectivity index (χ1n) is 6.90. The van der Waals surface area contributed by atoms with Crippen LogP contribution in [0.3, 0.4) is 0 Å². The van der Waals surface area contributed by atoms with Gasteiger partial charge in [-0.1, -0.05) is 25.4 Å². The summed E-state index contributed by atoms with van der Waals surface area (Å²) in [5.41, 5.74) is 1.04. The van der Waals surface area contributed by atoms with E-state index in [1.807, 2.05) is 19.9 Å². The van der Waals surface area contributed by atoms with Gasteiger partial charge in [0, 0.05) is 11.6 Å². The first-order valence-corrected chi connectivity index (χ1v) is 7.27. The maximum Gasteiger partial charge on any atom is 0.241 e. The number of aliphatic hydroxyl groups is 1. The second kappa shape index (κ2) is 6.77. The normalized spacial score (nSPS) is 13.7. The number of aliphatic hydroxyl groups excluding tert-OH is 1. The molecule has 1 aromatic carbocycles. The number of hydrogen-bond acceptors (Lipinski definition) is 6. The van der Waals surface area contributed by atoms with E-state index in [1.54, 1.807) is 25.1 Å². The third kappa shape index (κ3) is 3.56. The lowest BCUT2D eigenvalue weighted by molar-refractivity contribution is 0.158. The van der Waals surface area contributed by atoms with E-state index in [4.69, 9.17) is 21.3 Å². The zero-order chi connectivity index (χ0) is 16.3. The number of rotatable bonds is 5. The molecule has 0 saturated heterocycles. The Bertz CT molecular complexity index is 691. The molecule has 0 aliphatic heterocycles. The Balaban J connectivity index is 2.25. The average molecular weight is 321 g/mol. The summed E-state index contributed by atoms with van der Waals surface area (Å²) in [6.07, 6.45) is -0.755. The van der Waals surface area contributed by atoms with Crippen molar-refractivity contribution in [1.29, 1.82) is 5.26 Å². The number of aromatic nitrogens is 2. The van der Waals surface area contributed by atoms with Gasteiger partial charge in [-0.05, 0) is 25.1 Å². The fourth-order valence-electron chi connectivity index (χ4n) is 1.87. The van der Waals surface area contributed by atoms with E-state index in [-0.39, 0.29) is 5.92 Å². The van der Waals surface area contributed by atoms with Crippen molar-refractivity contribution >= 4 is 17.3 Å². The Morgan fingerprint density at radius 2 is 1.95 bits per heavy atom. The molecule has 0 unspecified atom stereocenters. The van der Waals surface area contributed by atoms with Gasteiger partial charge in [-0.25, -0.2) is 0 Å². The van der Waals surface area contributed by atoms with Crippen molar-refractivity contribution in [3.63, 3.8) is 0 Å². The van der Waals surface area contributed by atoms with Gasteiger partial charge < -0.3 is 14.8 Å². The molecule has 2 aromatic rings. The van der Waals surface area contributed by atoms with Gasteiger partial charge in [0.2, 0.25) is 11.8 Å². The molecule has 2 rings (SSSR count). The highest BCUT2D eigenvalue weighted by molar-refractivity contribution is 6.32. The molecule has 0 bridgehead atoms. The predicted molar refractivity (Wildman–Crippen MR) is 82.6 cm³/mol. The SMILES string of the molecule is CC(C)c1nnc([C@H](Nc2ccc(C#N)c(Cl)c2)[C@H](C)O)o1. The monoisotopic (exact) mass is 320 g/mol. The molecule has 6 nitrogen and oxygen atoms in total. The van der Waals surface area contributed by atoms with E-state index in [1.165, 1.54) is 0 Å². The molecule has 0 amide bonds. The summed E-state index contributed by atoms with van der Waals surface area (Å²) >= 11 is 6.01. The van der Waals surface area contributed by atoms with Crippen LogP contribution in [-0.4, -0.2) is 21.4 Å². The van der Waals surface area contributed by atoms with Crippen LogP contribution in [-0.2, 0) is 0 Å². The van der Waals surface area contributed by atoms with Gasteiger partial charge in [-0.15, -0.1) is 10.2 Å². The van der Waals surface area contributed by atoms with Crippen molar-refractivity contribution in [1.82, 2.24) is 10.2 Å². The zero-order valence-corrected chi connectivity index (χ0v) is 13.3. The Morgan fingerprint density at radius 3 is 2.45 bits per heavy atom. The number of anilines is 1. The van der Waals surface area contributed by atoms with Crippen LogP contribution in [0, 0.1) is 11.3 Å². The standard InChI is InChI=1S/C15H17ClN4O2/c1-8(2)14-19-20-15(22-14)13(9(3)21)18-11-5-4-10(7-17)12(16)6-11/h4-6,8-9,13,18,21H,1-3H3/t9-,13+/m0/s1. The van der Waals surface area contributed by atoms with E-state index in [0.717, 1.165) is 0 Å². The minimum Gasteiger partial charge on any atom is -0.423 e. The predicted octanol–water partition coefficient (Wildman–Crippen LogP) is 3.25. The number of nitriles is 1. The molecule has 0 aliphatic carbocycles. The van der Waals surface area contributed by atoms with Crippen LogP contribution < -0.4 is 5.32 Å². The molecular formula is C15H17ClN4O2. The molecule has 0 spiro atoms. The van der Waals surface area contributed by atoms with Crippen LogP contribution in [0.15, 0.2) is 22.6 Å². The van der Waals surface area contributed by atoms with Crippen LogP contribution >= 0.6 is 11.6 Å². The maximum absolute atomic E-state index is 9.97. The third-order valence-corrected chi connectivity index (χ3v) is 3.42. The first kappa shape index (κ1) is 16.3. The summed E-state index contributed by atoms with van der Waals surface area (Å²) in [5, 5.41) is 30.2. The van der Waals surface area contributed by atoms with Crippen LogP contribution in [0.25, 0.3) is 0 Å². The highest BCUT2D eigenvalue weighted by atomic mass is 35.5. The number of hydrogen-bond donors (Lipinski definition) is 2. The summed E-state index contributed by atoms with van der Waals surface area (Å²) in [6.45, 7) is 5.52. The minimum atomic E-state index is -0.755. The van der Waals surface area contributed by atoms with Crippen LogP contribution in [0.1, 0.15) is 50.1 Å². The second-order valence-electron chi connectivity index (χ2n) is 5.30. The van der Waals surface area contributed by atoms with Crippen LogP contribution in [0.2, 0.25) is 5.02 Å². The second-order valence-corrected chi connectivity index (χ2v) is 5.71. The molecular weight excluding hydrogens is 304 g/mol. The smallest absolute Gasteiger partial charge is 0.241 e. The van der Waals surface area contributed by atoms with Crippen molar-refractivity contribution in [3.05, 3.63) is 40.6 Å². The average Bonchev–Trinajstić information content (AvgIpc) is 2.94. The first-order chi connectivity index (χ1) is 10.4. The molecule has 0 fully saturated rings. The maximum atomic E-state index is 9.97. The van der Waals surface area contributed by atoms with Crippen molar-refractivity contribution in [2.24, 2.45) is 0 Å². The van der Waals surface area contributed by atoms with Gasteiger partial charge in [0.1, 0.15) is 12.1 Å². The van der Waals surface area contributed by atoms with Crippen molar-refractivity contribution in [3.8, 4) is 6.07 Å². The topological polar surface area (TPSA) is 95.0 Å². The molecule has 22 heavy (non-hydrogen) atoms. The zero-order valence-electron chi connectivity index (χ0n) is 12.5. The fourth-order valence-corrected chi connectivity index (χ4v) is 2.09. The Kier molecular flexibility index (Phi) is 5.01. The van der Waals surface area contributed by atoms with E-state index in [2.05, 4.69) is 15.5 Å².